The molecule has 1 unspecified atom stereocenters. The quantitative estimate of drug-likeness (QED) is 0.748. The van der Waals surface area contributed by atoms with Gasteiger partial charge in [-0.25, -0.2) is 0 Å². The lowest BCUT2D eigenvalue weighted by molar-refractivity contribution is -0.131. The topological polar surface area (TPSA) is 46.6 Å². The molecule has 1 atom stereocenters. The molecule has 0 bridgehead atoms. The zero-order chi connectivity index (χ0) is 13.9. The summed E-state index contributed by atoms with van der Waals surface area (Å²) in [6, 6.07) is 0. The molecule has 1 aliphatic carbocycles. The molecule has 19 heavy (non-hydrogen) atoms. The van der Waals surface area contributed by atoms with Crippen LogP contribution in [0.1, 0.15) is 32.6 Å². The van der Waals surface area contributed by atoms with E-state index in [2.05, 4.69) is 0 Å². The van der Waals surface area contributed by atoms with Crippen LogP contribution in [0.2, 0.25) is 0 Å². The largest absolute Gasteiger partial charge is 0.384 e. The third kappa shape index (κ3) is 3.72. The molecule has 2 aliphatic rings. The Morgan fingerprint density at radius 1 is 1.53 bits per heavy atom. The van der Waals surface area contributed by atoms with Crippen LogP contribution in [-0.4, -0.2) is 48.5 Å². The number of rotatable bonds is 6. The Labute approximate surface area is 119 Å². The summed E-state index contributed by atoms with van der Waals surface area (Å²) in [7, 11) is 1.73. The predicted octanol–water partition coefficient (Wildman–Crippen LogP) is 1.93. The molecule has 0 N–H and O–H groups in total. The summed E-state index contributed by atoms with van der Waals surface area (Å²) in [5, 5.41) is 0.140. The number of thioether (sulfide) groups is 1. The maximum absolute atomic E-state index is 12.0. The molecule has 0 aromatic heterocycles. The van der Waals surface area contributed by atoms with Gasteiger partial charge in [-0.3, -0.25) is 9.59 Å². The minimum atomic E-state index is 0.140. The summed E-state index contributed by atoms with van der Waals surface area (Å²) in [5.41, 5.74) is 0.201. The van der Waals surface area contributed by atoms with E-state index in [0.29, 0.717) is 12.3 Å². The van der Waals surface area contributed by atoms with Crippen LogP contribution < -0.4 is 0 Å². The van der Waals surface area contributed by atoms with Crippen LogP contribution in [0.5, 0.6) is 0 Å². The van der Waals surface area contributed by atoms with Gasteiger partial charge >= 0.3 is 0 Å². The Morgan fingerprint density at radius 3 is 2.79 bits per heavy atom. The van der Waals surface area contributed by atoms with E-state index in [9.17, 15) is 9.59 Å². The number of methoxy groups -OCH3 is 1. The van der Waals surface area contributed by atoms with E-state index in [1.807, 2.05) is 4.90 Å². The zero-order valence-electron chi connectivity index (χ0n) is 11.8. The molecular formula is C14H23NO3S. The molecule has 1 saturated heterocycles. The molecule has 5 heteroatoms. The highest BCUT2D eigenvalue weighted by molar-refractivity contribution is 8.13. The molecule has 0 spiro atoms. The van der Waals surface area contributed by atoms with Crippen molar-refractivity contribution in [3.63, 3.8) is 0 Å². The first-order chi connectivity index (χ1) is 9.04. The second kappa shape index (κ2) is 6.27. The van der Waals surface area contributed by atoms with Gasteiger partial charge in [0.15, 0.2) is 5.12 Å². The normalized spacial score (nSPS) is 25.5. The van der Waals surface area contributed by atoms with Crippen molar-refractivity contribution in [1.82, 2.24) is 4.90 Å². The van der Waals surface area contributed by atoms with Crippen LogP contribution in [-0.2, 0) is 14.3 Å². The Hall–Kier alpha value is -0.550. The van der Waals surface area contributed by atoms with Crippen molar-refractivity contribution in [1.29, 1.82) is 0 Å². The fourth-order valence-electron chi connectivity index (χ4n) is 3.09. The Balaban J connectivity index is 1.84. The molecule has 1 saturated carbocycles. The van der Waals surface area contributed by atoms with Crippen molar-refractivity contribution in [2.75, 3.05) is 32.6 Å². The van der Waals surface area contributed by atoms with Gasteiger partial charge in [-0.1, -0.05) is 18.2 Å². The van der Waals surface area contributed by atoms with Crippen molar-refractivity contribution >= 4 is 22.8 Å². The van der Waals surface area contributed by atoms with Crippen LogP contribution in [0, 0.1) is 11.3 Å². The van der Waals surface area contributed by atoms with Crippen LogP contribution in [0.25, 0.3) is 0 Å². The zero-order valence-corrected chi connectivity index (χ0v) is 12.6. The van der Waals surface area contributed by atoms with Gasteiger partial charge in [0, 0.05) is 44.7 Å². The van der Waals surface area contributed by atoms with E-state index in [0.717, 1.165) is 38.3 Å². The summed E-state index contributed by atoms with van der Waals surface area (Å²) in [6.07, 6.45) is 4.17. The van der Waals surface area contributed by atoms with E-state index in [1.165, 1.54) is 18.2 Å². The summed E-state index contributed by atoms with van der Waals surface area (Å²) in [5.74, 6) is 1.35. The van der Waals surface area contributed by atoms with Gasteiger partial charge in [0.05, 0.1) is 6.61 Å². The van der Waals surface area contributed by atoms with Crippen molar-refractivity contribution in [2.45, 2.75) is 32.6 Å². The van der Waals surface area contributed by atoms with E-state index >= 15 is 0 Å². The average molecular weight is 285 g/mol. The number of carbonyl (C=O) groups is 2. The van der Waals surface area contributed by atoms with Gasteiger partial charge in [-0.2, -0.15) is 0 Å². The van der Waals surface area contributed by atoms with Gasteiger partial charge in [0.1, 0.15) is 0 Å². The fraction of sp³-hybridized carbons (Fsp3) is 0.857. The van der Waals surface area contributed by atoms with Crippen LogP contribution in [0.15, 0.2) is 0 Å². The summed E-state index contributed by atoms with van der Waals surface area (Å²) in [4.78, 5) is 25.0. The summed E-state index contributed by atoms with van der Waals surface area (Å²) < 4.78 is 5.31. The number of ether oxygens (including phenoxy) is 1. The molecule has 2 rings (SSSR count). The molecule has 2 fully saturated rings. The van der Waals surface area contributed by atoms with Crippen molar-refractivity contribution in [3.8, 4) is 0 Å². The number of hydrogen-bond acceptors (Lipinski definition) is 4. The third-order valence-electron chi connectivity index (χ3n) is 4.21. The van der Waals surface area contributed by atoms with Gasteiger partial charge in [-0.15, -0.1) is 0 Å². The van der Waals surface area contributed by atoms with Crippen LogP contribution >= 0.6 is 11.8 Å². The smallest absolute Gasteiger partial charge is 0.222 e. The first-order valence-corrected chi connectivity index (χ1v) is 7.93. The lowest BCUT2D eigenvalue weighted by Gasteiger charge is -2.43. The maximum atomic E-state index is 12.0. The number of nitrogens with zero attached hydrogens (tertiary/aromatic N) is 1. The monoisotopic (exact) mass is 285 g/mol. The molecule has 1 heterocycles. The molecule has 108 valence electrons. The molecule has 0 aromatic carbocycles. The SMILES string of the molecule is COCC1(CN2CC(CSC(C)=O)CC2=O)CCC1. The van der Waals surface area contributed by atoms with Crippen molar-refractivity contribution < 1.29 is 14.3 Å². The number of amides is 1. The molecular weight excluding hydrogens is 262 g/mol. The van der Waals surface area contributed by atoms with E-state index < -0.39 is 0 Å². The lowest BCUT2D eigenvalue weighted by atomic mass is 9.69. The first kappa shape index (κ1) is 14.9. The average Bonchev–Trinajstić information content (AvgIpc) is 2.65. The standard InChI is InChI=1S/C14H23NO3S/c1-11(16)19-8-12-6-13(17)15(7-12)9-14(10-18-2)4-3-5-14/h12H,3-10H2,1-2H3. The van der Waals surface area contributed by atoms with Crippen molar-refractivity contribution in [3.05, 3.63) is 0 Å². The van der Waals surface area contributed by atoms with Crippen molar-refractivity contribution in [2.24, 2.45) is 11.3 Å². The minimum Gasteiger partial charge on any atom is -0.384 e. The minimum absolute atomic E-state index is 0.140. The van der Waals surface area contributed by atoms with E-state index in [-0.39, 0.29) is 16.4 Å². The highest BCUT2D eigenvalue weighted by Crippen LogP contribution is 2.42. The molecule has 0 radical (unpaired) electrons. The molecule has 1 aliphatic heterocycles. The highest BCUT2D eigenvalue weighted by Gasteiger charge is 2.42. The fourth-order valence-corrected chi connectivity index (χ4v) is 3.78. The van der Waals surface area contributed by atoms with Gasteiger partial charge < -0.3 is 9.64 Å². The third-order valence-corrected chi connectivity index (χ3v) is 5.25. The number of likely N-dealkylation sites (tertiary alicyclic amines) is 1. The summed E-state index contributed by atoms with van der Waals surface area (Å²) >= 11 is 1.34. The van der Waals surface area contributed by atoms with Crippen LogP contribution in [0.4, 0.5) is 0 Å². The van der Waals surface area contributed by atoms with E-state index in [1.54, 1.807) is 14.0 Å². The molecule has 1 amide bonds. The second-order valence-electron chi connectivity index (χ2n) is 5.93. The van der Waals surface area contributed by atoms with Crippen LogP contribution in [0.3, 0.4) is 0 Å². The maximum Gasteiger partial charge on any atom is 0.222 e. The predicted molar refractivity (Wildman–Crippen MR) is 76.0 cm³/mol. The lowest BCUT2D eigenvalue weighted by Crippen LogP contribution is -2.45. The number of carbonyl (C=O) groups excluding carboxylic acids is 2. The highest BCUT2D eigenvalue weighted by atomic mass is 32.2. The second-order valence-corrected chi connectivity index (χ2v) is 7.13. The Morgan fingerprint density at radius 2 is 2.26 bits per heavy atom. The molecule has 4 nitrogen and oxygen atoms in total. The summed E-state index contributed by atoms with van der Waals surface area (Å²) in [6.45, 7) is 3.98. The molecule has 0 aromatic rings. The van der Waals surface area contributed by atoms with Gasteiger partial charge in [0.25, 0.3) is 0 Å². The van der Waals surface area contributed by atoms with Gasteiger partial charge in [0.2, 0.25) is 5.91 Å². The number of hydrogen-bond donors (Lipinski definition) is 0. The first-order valence-electron chi connectivity index (χ1n) is 6.95. The van der Waals surface area contributed by atoms with Gasteiger partial charge in [-0.05, 0) is 18.8 Å². The Kier molecular flexibility index (Phi) is 4.90. The van der Waals surface area contributed by atoms with E-state index in [4.69, 9.17) is 4.74 Å². The Bertz CT molecular complexity index is 355.